The van der Waals surface area contributed by atoms with Crippen LogP contribution >= 0.6 is 12.6 Å². The van der Waals surface area contributed by atoms with Crippen molar-refractivity contribution in [2.75, 3.05) is 13.1 Å². The number of benzene rings is 1. The van der Waals surface area contributed by atoms with Crippen molar-refractivity contribution in [3.05, 3.63) is 29.8 Å². The van der Waals surface area contributed by atoms with Gasteiger partial charge in [0.15, 0.2) is 0 Å². The zero-order valence-electron chi connectivity index (χ0n) is 9.18. The molecule has 16 heavy (non-hydrogen) atoms. The van der Waals surface area contributed by atoms with E-state index in [2.05, 4.69) is 12.6 Å². The lowest BCUT2D eigenvalue weighted by Crippen LogP contribution is -2.33. The topological polar surface area (TPSA) is 40.5 Å². The Morgan fingerprint density at radius 3 is 2.88 bits per heavy atom. The minimum absolute atomic E-state index is 0.0336. The lowest BCUT2D eigenvalue weighted by atomic mass is 10.1. The molecule has 1 aliphatic heterocycles. The molecule has 2 rings (SSSR count). The molecule has 0 bridgehead atoms. The standard InChI is InChI=1S/C12H15NO2S/c1-12(15)5-6-13(8-12)11(14)9-3-2-4-10(16)7-9/h2-4,7,15-16H,5-6,8H2,1H3. The molecule has 1 saturated heterocycles. The first-order valence-corrected chi connectivity index (χ1v) is 5.73. The van der Waals surface area contributed by atoms with Crippen LogP contribution in [0, 0.1) is 0 Å². The largest absolute Gasteiger partial charge is 0.388 e. The van der Waals surface area contributed by atoms with Crippen LogP contribution in [0.1, 0.15) is 23.7 Å². The fraction of sp³-hybridized carbons (Fsp3) is 0.417. The van der Waals surface area contributed by atoms with Gasteiger partial charge in [0.25, 0.3) is 5.91 Å². The van der Waals surface area contributed by atoms with Gasteiger partial charge in [-0.3, -0.25) is 4.79 Å². The first-order valence-electron chi connectivity index (χ1n) is 5.29. The minimum Gasteiger partial charge on any atom is -0.388 e. The van der Waals surface area contributed by atoms with Crippen LogP contribution in [0.3, 0.4) is 0 Å². The molecule has 1 aromatic carbocycles. The Kier molecular flexibility index (Phi) is 2.95. The molecule has 1 aromatic rings. The Morgan fingerprint density at radius 1 is 1.56 bits per heavy atom. The van der Waals surface area contributed by atoms with Gasteiger partial charge >= 0.3 is 0 Å². The normalized spacial score (nSPS) is 24.8. The van der Waals surface area contributed by atoms with Crippen LogP contribution in [0.15, 0.2) is 29.2 Å². The van der Waals surface area contributed by atoms with Crippen molar-refractivity contribution in [2.24, 2.45) is 0 Å². The van der Waals surface area contributed by atoms with Crippen LogP contribution < -0.4 is 0 Å². The van der Waals surface area contributed by atoms with Crippen molar-refractivity contribution < 1.29 is 9.90 Å². The van der Waals surface area contributed by atoms with E-state index in [0.29, 0.717) is 25.1 Å². The first-order chi connectivity index (χ1) is 7.48. The summed E-state index contributed by atoms with van der Waals surface area (Å²) < 4.78 is 0. The quantitative estimate of drug-likeness (QED) is 0.728. The summed E-state index contributed by atoms with van der Waals surface area (Å²) in [6, 6.07) is 7.16. The van der Waals surface area contributed by atoms with Gasteiger partial charge < -0.3 is 10.0 Å². The minimum atomic E-state index is -0.742. The number of β-amino-alcohol motifs (C(OH)–C–C–N with tert-alkyl or cyclic N) is 1. The smallest absolute Gasteiger partial charge is 0.253 e. The molecular formula is C12H15NO2S. The molecule has 4 heteroatoms. The van der Waals surface area contributed by atoms with Crippen LogP contribution in [0.5, 0.6) is 0 Å². The summed E-state index contributed by atoms with van der Waals surface area (Å²) in [5, 5.41) is 9.81. The monoisotopic (exact) mass is 237 g/mol. The van der Waals surface area contributed by atoms with Gasteiger partial charge in [-0.25, -0.2) is 0 Å². The van der Waals surface area contributed by atoms with E-state index in [4.69, 9.17) is 0 Å². The Labute approximate surface area is 100 Å². The van der Waals surface area contributed by atoms with Crippen LogP contribution in [0.4, 0.5) is 0 Å². The van der Waals surface area contributed by atoms with E-state index in [-0.39, 0.29) is 5.91 Å². The van der Waals surface area contributed by atoms with Gasteiger partial charge in [0.05, 0.1) is 5.60 Å². The molecule has 86 valence electrons. The average Bonchev–Trinajstić information content (AvgIpc) is 2.58. The molecule has 0 radical (unpaired) electrons. The highest BCUT2D eigenvalue weighted by Crippen LogP contribution is 2.22. The molecule has 1 heterocycles. The molecule has 1 N–H and O–H groups in total. The summed E-state index contributed by atoms with van der Waals surface area (Å²) in [6.07, 6.45) is 0.638. The summed E-state index contributed by atoms with van der Waals surface area (Å²) in [6.45, 7) is 2.78. The molecule has 0 aliphatic carbocycles. The zero-order chi connectivity index (χ0) is 11.8. The summed E-state index contributed by atoms with van der Waals surface area (Å²) in [4.78, 5) is 14.5. The Hall–Kier alpha value is -1.00. The average molecular weight is 237 g/mol. The van der Waals surface area contributed by atoms with Crippen LogP contribution in [0.25, 0.3) is 0 Å². The van der Waals surface area contributed by atoms with E-state index in [1.54, 1.807) is 24.0 Å². The van der Waals surface area contributed by atoms with Gasteiger partial charge in [0, 0.05) is 23.5 Å². The highest BCUT2D eigenvalue weighted by molar-refractivity contribution is 7.80. The molecule has 0 aromatic heterocycles. The van der Waals surface area contributed by atoms with Gasteiger partial charge in [-0.1, -0.05) is 6.07 Å². The molecule has 0 spiro atoms. The van der Waals surface area contributed by atoms with E-state index < -0.39 is 5.60 Å². The molecule has 3 nitrogen and oxygen atoms in total. The van der Waals surface area contributed by atoms with Gasteiger partial charge in [-0.05, 0) is 31.5 Å². The van der Waals surface area contributed by atoms with Gasteiger partial charge in [0.2, 0.25) is 0 Å². The highest BCUT2D eigenvalue weighted by atomic mass is 32.1. The number of aliphatic hydroxyl groups is 1. The van der Waals surface area contributed by atoms with E-state index in [1.807, 2.05) is 12.1 Å². The fourth-order valence-corrected chi connectivity index (χ4v) is 2.17. The fourth-order valence-electron chi connectivity index (χ4n) is 1.94. The third kappa shape index (κ3) is 2.39. The molecule has 1 atom stereocenters. The Morgan fingerprint density at radius 2 is 2.31 bits per heavy atom. The first kappa shape index (κ1) is 11.5. The maximum Gasteiger partial charge on any atom is 0.253 e. The second-order valence-electron chi connectivity index (χ2n) is 4.52. The highest BCUT2D eigenvalue weighted by Gasteiger charge is 2.34. The van der Waals surface area contributed by atoms with Crippen molar-refractivity contribution in [1.29, 1.82) is 0 Å². The number of carbonyl (C=O) groups excluding carboxylic acids is 1. The number of carbonyl (C=O) groups is 1. The summed E-state index contributed by atoms with van der Waals surface area (Å²) >= 11 is 4.21. The molecule has 1 amide bonds. The maximum absolute atomic E-state index is 12.1. The van der Waals surface area contributed by atoms with E-state index in [9.17, 15) is 9.90 Å². The van der Waals surface area contributed by atoms with Crippen molar-refractivity contribution in [2.45, 2.75) is 23.8 Å². The molecule has 1 aliphatic rings. The third-order valence-corrected chi connectivity index (χ3v) is 3.11. The molecule has 1 unspecified atom stereocenters. The van der Waals surface area contributed by atoms with Crippen molar-refractivity contribution in [3.8, 4) is 0 Å². The number of hydrogen-bond donors (Lipinski definition) is 2. The lowest BCUT2D eigenvalue weighted by molar-refractivity contribution is 0.0572. The van der Waals surface area contributed by atoms with Gasteiger partial charge in [0.1, 0.15) is 0 Å². The number of hydrogen-bond acceptors (Lipinski definition) is 3. The zero-order valence-corrected chi connectivity index (χ0v) is 10.1. The summed E-state index contributed by atoms with van der Waals surface area (Å²) in [5.74, 6) is -0.0336. The van der Waals surface area contributed by atoms with Crippen molar-refractivity contribution in [3.63, 3.8) is 0 Å². The number of amides is 1. The van der Waals surface area contributed by atoms with Crippen molar-refractivity contribution >= 4 is 18.5 Å². The predicted molar refractivity (Wildman–Crippen MR) is 64.8 cm³/mol. The van der Waals surface area contributed by atoms with Crippen molar-refractivity contribution in [1.82, 2.24) is 4.90 Å². The van der Waals surface area contributed by atoms with Crippen LogP contribution in [-0.4, -0.2) is 34.6 Å². The van der Waals surface area contributed by atoms with E-state index >= 15 is 0 Å². The number of nitrogens with zero attached hydrogens (tertiary/aromatic N) is 1. The molecule has 0 saturated carbocycles. The summed E-state index contributed by atoms with van der Waals surface area (Å²) in [7, 11) is 0. The number of thiol groups is 1. The lowest BCUT2D eigenvalue weighted by Gasteiger charge is -2.19. The maximum atomic E-state index is 12.1. The van der Waals surface area contributed by atoms with Gasteiger partial charge in [-0.15, -0.1) is 12.6 Å². The number of rotatable bonds is 1. The summed E-state index contributed by atoms with van der Waals surface area (Å²) in [5.41, 5.74) is -0.112. The molecular weight excluding hydrogens is 222 g/mol. The number of likely N-dealkylation sites (tertiary alicyclic amines) is 1. The second kappa shape index (κ2) is 4.11. The van der Waals surface area contributed by atoms with Crippen LogP contribution in [-0.2, 0) is 0 Å². The Bertz CT molecular complexity index is 417. The Balaban J connectivity index is 2.15. The molecule has 1 fully saturated rings. The SMILES string of the molecule is CC1(O)CCN(C(=O)c2cccc(S)c2)C1. The predicted octanol–water partition coefficient (Wildman–Crippen LogP) is 1.57. The van der Waals surface area contributed by atoms with Gasteiger partial charge in [-0.2, -0.15) is 0 Å². The van der Waals surface area contributed by atoms with E-state index in [0.717, 1.165) is 4.90 Å². The second-order valence-corrected chi connectivity index (χ2v) is 5.04. The van der Waals surface area contributed by atoms with Crippen LogP contribution in [0.2, 0.25) is 0 Å². The van der Waals surface area contributed by atoms with E-state index in [1.165, 1.54) is 0 Å². The third-order valence-electron chi connectivity index (χ3n) is 2.83.